The van der Waals surface area contributed by atoms with Crippen LogP contribution < -0.4 is 0 Å². The first-order valence-corrected chi connectivity index (χ1v) is 5.37. The molecule has 1 nitrogen and oxygen atoms in total. The predicted octanol–water partition coefficient (Wildman–Crippen LogP) is 3.92. The summed E-state index contributed by atoms with van der Waals surface area (Å²) < 4.78 is 0. The fraction of sp³-hybridized carbons (Fsp3) is 0.0667. The maximum atomic E-state index is 10.9. The van der Waals surface area contributed by atoms with E-state index in [1.165, 1.54) is 21.5 Å². The van der Waals surface area contributed by atoms with Crippen LogP contribution in [0, 0.1) is 0 Å². The summed E-state index contributed by atoms with van der Waals surface area (Å²) in [7, 11) is 0. The molecule has 0 saturated heterocycles. The molecule has 0 aliphatic heterocycles. The third-order valence-electron chi connectivity index (χ3n) is 2.98. The van der Waals surface area contributed by atoms with Gasteiger partial charge < -0.3 is 0 Å². The van der Waals surface area contributed by atoms with Crippen molar-refractivity contribution in [2.45, 2.75) is 6.61 Å². The Morgan fingerprint density at radius 1 is 0.750 bits per heavy atom. The van der Waals surface area contributed by atoms with E-state index in [9.17, 15) is 5.11 Å². The third kappa shape index (κ3) is 1.37. The van der Waals surface area contributed by atoms with Crippen LogP contribution in [0.25, 0.3) is 21.5 Å². The van der Waals surface area contributed by atoms with Gasteiger partial charge in [-0.05, 0) is 33.2 Å². The number of benzene rings is 3. The zero-order chi connectivity index (χ0) is 11.0. The Hall–Kier alpha value is -1.86. The molecule has 3 aromatic carbocycles. The molecule has 0 heterocycles. The summed E-state index contributed by atoms with van der Waals surface area (Å²) in [6.07, 6.45) is 0. The van der Waals surface area contributed by atoms with E-state index in [1.807, 2.05) is 30.3 Å². The molecule has 0 N–H and O–H groups in total. The van der Waals surface area contributed by atoms with Crippen LogP contribution in [-0.2, 0) is 11.7 Å². The minimum Gasteiger partial charge on any atom is -0.232 e. The maximum absolute atomic E-state index is 10.9. The van der Waals surface area contributed by atoms with Gasteiger partial charge in [-0.1, -0.05) is 48.5 Å². The van der Waals surface area contributed by atoms with E-state index in [-0.39, 0.29) is 6.61 Å². The van der Waals surface area contributed by atoms with Crippen molar-refractivity contribution in [1.29, 1.82) is 0 Å². The van der Waals surface area contributed by atoms with E-state index < -0.39 is 0 Å². The monoisotopic (exact) mass is 207 g/mol. The lowest BCUT2D eigenvalue weighted by molar-refractivity contribution is 0.177. The van der Waals surface area contributed by atoms with Crippen molar-refractivity contribution in [1.82, 2.24) is 0 Å². The van der Waals surface area contributed by atoms with Crippen LogP contribution in [-0.4, -0.2) is 0 Å². The van der Waals surface area contributed by atoms with Crippen molar-refractivity contribution in [2.75, 3.05) is 0 Å². The van der Waals surface area contributed by atoms with Crippen molar-refractivity contribution in [3.63, 3.8) is 0 Å². The Bertz CT molecular complexity index is 656. The number of hydrogen-bond acceptors (Lipinski definition) is 0. The van der Waals surface area contributed by atoms with Gasteiger partial charge in [-0.2, -0.15) is 0 Å². The zero-order valence-electron chi connectivity index (χ0n) is 8.81. The van der Waals surface area contributed by atoms with Gasteiger partial charge in [-0.15, -0.1) is 0 Å². The Kier molecular flexibility index (Phi) is 2.12. The molecule has 0 spiro atoms. The van der Waals surface area contributed by atoms with Gasteiger partial charge in [0.25, 0.3) is 0 Å². The molecular weight excluding hydrogens is 196 g/mol. The topological polar surface area (TPSA) is 19.9 Å². The third-order valence-corrected chi connectivity index (χ3v) is 2.98. The Labute approximate surface area is 94.0 Å². The van der Waals surface area contributed by atoms with Crippen LogP contribution in [0.4, 0.5) is 0 Å². The molecule has 0 bridgehead atoms. The van der Waals surface area contributed by atoms with E-state index in [1.54, 1.807) is 0 Å². The van der Waals surface area contributed by atoms with Gasteiger partial charge in [-0.25, -0.2) is 5.11 Å². The molecule has 0 aromatic heterocycles. The second-order valence-corrected chi connectivity index (χ2v) is 3.99. The average molecular weight is 207 g/mol. The number of fused-ring (bicyclic) bond motifs is 3. The molecule has 0 fully saturated rings. The van der Waals surface area contributed by atoms with Gasteiger partial charge in [0.1, 0.15) is 6.61 Å². The van der Waals surface area contributed by atoms with Gasteiger partial charge >= 0.3 is 0 Å². The van der Waals surface area contributed by atoms with Crippen LogP contribution in [0.15, 0.2) is 54.6 Å². The van der Waals surface area contributed by atoms with Gasteiger partial charge in [0.2, 0.25) is 0 Å². The summed E-state index contributed by atoms with van der Waals surface area (Å²) in [5.41, 5.74) is 0.851. The molecule has 0 atom stereocenters. The highest BCUT2D eigenvalue weighted by molar-refractivity contribution is 6.07. The summed E-state index contributed by atoms with van der Waals surface area (Å²) in [6, 6.07) is 18.4. The zero-order valence-corrected chi connectivity index (χ0v) is 8.81. The first-order chi connectivity index (χ1) is 7.88. The molecule has 0 amide bonds. The SMILES string of the molecule is [O]Cc1ccc2ccc3ccccc3c2c1. The molecule has 0 aliphatic rings. The average Bonchev–Trinajstić information content (AvgIpc) is 2.38. The van der Waals surface area contributed by atoms with E-state index in [0.29, 0.717) is 0 Å². The van der Waals surface area contributed by atoms with Crippen molar-refractivity contribution < 1.29 is 5.11 Å². The quantitative estimate of drug-likeness (QED) is 0.539. The van der Waals surface area contributed by atoms with Crippen molar-refractivity contribution in [2.24, 2.45) is 0 Å². The first kappa shape index (κ1) is 9.37. The fourth-order valence-corrected chi connectivity index (χ4v) is 2.14. The van der Waals surface area contributed by atoms with E-state index >= 15 is 0 Å². The van der Waals surface area contributed by atoms with Crippen molar-refractivity contribution >= 4 is 21.5 Å². The minimum atomic E-state index is -0.154. The molecule has 16 heavy (non-hydrogen) atoms. The Balaban J connectivity index is 2.47. The smallest absolute Gasteiger partial charge is 0.107 e. The van der Waals surface area contributed by atoms with E-state index in [0.717, 1.165) is 5.56 Å². The lowest BCUT2D eigenvalue weighted by Gasteiger charge is -2.04. The molecule has 0 unspecified atom stereocenters. The summed E-state index contributed by atoms with van der Waals surface area (Å²) in [4.78, 5) is 0. The summed E-state index contributed by atoms with van der Waals surface area (Å²) in [6.45, 7) is -0.154. The number of rotatable bonds is 1. The fourth-order valence-electron chi connectivity index (χ4n) is 2.14. The molecule has 0 saturated carbocycles. The van der Waals surface area contributed by atoms with E-state index in [2.05, 4.69) is 24.3 Å². The normalized spacial score (nSPS) is 11.1. The van der Waals surface area contributed by atoms with Crippen LogP contribution in [0.1, 0.15) is 5.56 Å². The van der Waals surface area contributed by atoms with Crippen molar-refractivity contribution in [3.8, 4) is 0 Å². The summed E-state index contributed by atoms with van der Waals surface area (Å²) in [5.74, 6) is 0. The molecule has 3 aromatic rings. The summed E-state index contributed by atoms with van der Waals surface area (Å²) in [5, 5.41) is 15.7. The van der Waals surface area contributed by atoms with Gasteiger partial charge in [0.15, 0.2) is 0 Å². The molecule has 1 radical (unpaired) electrons. The van der Waals surface area contributed by atoms with Gasteiger partial charge in [-0.3, -0.25) is 0 Å². The molecule has 3 rings (SSSR count). The van der Waals surface area contributed by atoms with Crippen LogP contribution in [0.2, 0.25) is 0 Å². The highest BCUT2D eigenvalue weighted by Gasteiger charge is 2.00. The standard InChI is InChI=1S/C15H11O/c16-10-11-5-6-13-8-7-12-3-1-2-4-14(12)15(13)9-11/h1-9H,10H2. The predicted molar refractivity (Wildman–Crippen MR) is 65.8 cm³/mol. The van der Waals surface area contributed by atoms with Crippen molar-refractivity contribution in [3.05, 3.63) is 60.2 Å². The molecule has 77 valence electrons. The van der Waals surface area contributed by atoms with Gasteiger partial charge in [0, 0.05) is 0 Å². The largest absolute Gasteiger partial charge is 0.232 e. The molecule has 0 aliphatic carbocycles. The summed E-state index contributed by atoms with van der Waals surface area (Å²) >= 11 is 0. The number of hydrogen-bond donors (Lipinski definition) is 0. The lowest BCUT2D eigenvalue weighted by Crippen LogP contribution is -1.83. The highest BCUT2D eigenvalue weighted by atomic mass is 16.3. The molecule has 1 heteroatoms. The highest BCUT2D eigenvalue weighted by Crippen LogP contribution is 2.26. The van der Waals surface area contributed by atoms with Crippen LogP contribution >= 0.6 is 0 Å². The molecular formula is C15H11O. The van der Waals surface area contributed by atoms with E-state index in [4.69, 9.17) is 0 Å². The maximum Gasteiger partial charge on any atom is 0.107 e. The Morgan fingerprint density at radius 3 is 2.25 bits per heavy atom. The lowest BCUT2D eigenvalue weighted by atomic mass is 10.0. The first-order valence-electron chi connectivity index (χ1n) is 5.37. The second-order valence-electron chi connectivity index (χ2n) is 3.99. The Morgan fingerprint density at radius 2 is 1.44 bits per heavy atom. The minimum absolute atomic E-state index is 0.154. The second kappa shape index (κ2) is 3.62. The van der Waals surface area contributed by atoms with Crippen LogP contribution in [0.3, 0.4) is 0 Å². The van der Waals surface area contributed by atoms with Gasteiger partial charge in [0.05, 0.1) is 0 Å². The van der Waals surface area contributed by atoms with Crippen LogP contribution in [0.5, 0.6) is 0 Å².